The molecular formula is C13H15Cl2NO. The van der Waals surface area contributed by atoms with Gasteiger partial charge in [0.05, 0.1) is 11.1 Å². The van der Waals surface area contributed by atoms with Crippen LogP contribution in [0.2, 0.25) is 10.0 Å². The average Bonchev–Trinajstić information content (AvgIpc) is 3.04. The third-order valence-electron chi connectivity index (χ3n) is 3.31. The molecule has 1 aliphatic heterocycles. The zero-order valence-electron chi connectivity index (χ0n) is 9.67. The lowest BCUT2D eigenvalue weighted by molar-refractivity contribution is 0.166. The van der Waals surface area contributed by atoms with Crippen molar-refractivity contribution in [3.8, 4) is 5.75 Å². The molecule has 0 saturated heterocycles. The van der Waals surface area contributed by atoms with Gasteiger partial charge in [-0.2, -0.15) is 0 Å². The van der Waals surface area contributed by atoms with E-state index in [1.807, 2.05) is 6.07 Å². The Labute approximate surface area is 111 Å². The topological polar surface area (TPSA) is 21.3 Å². The lowest BCUT2D eigenvalue weighted by Gasteiger charge is -2.32. The van der Waals surface area contributed by atoms with Crippen LogP contribution >= 0.6 is 23.2 Å². The molecule has 0 spiro atoms. The molecular weight excluding hydrogens is 257 g/mol. The summed E-state index contributed by atoms with van der Waals surface area (Å²) >= 11 is 12.3. The van der Waals surface area contributed by atoms with Gasteiger partial charge in [-0.3, -0.25) is 0 Å². The molecule has 3 rings (SSSR count). The van der Waals surface area contributed by atoms with E-state index >= 15 is 0 Å². The summed E-state index contributed by atoms with van der Waals surface area (Å²) in [4.78, 5) is 0. The van der Waals surface area contributed by atoms with E-state index in [2.05, 4.69) is 12.2 Å². The molecule has 2 atom stereocenters. The highest BCUT2D eigenvalue weighted by molar-refractivity contribution is 6.35. The van der Waals surface area contributed by atoms with Crippen molar-refractivity contribution in [2.24, 2.45) is 0 Å². The average molecular weight is 272 g/mol. The molecule has 2 nitrogen and oxygen atoms in total. The zero-order valence-corrected chi connectivity index (χ0v) is 11.2. The Kier molecular flexibility index (Phi) is 2.97. The van der Waals surface area contributed by atoms with Gasteiger partial charge < -0.3 is 10.1 Å². The first-order chi connectivity index (χ1) is 8.13. The third kappa shape index (κ3) is 2.40. The number of ether oxygens (including phenoxy) is 1. The van der Waals surface area contributed by atoms with Crippen LogP contribution in [0.4, 0.5) is 0 Å². The fourth-order valence-electron chi connectivity index (χ4n) is 2.36. The molecule has 4 heteroatoms. The lowest BCUT2D eigenvalue weighted by Crippen LogP contribution is -2.32. The maximum atomic E-state index is 6.19. The molecule has 17 heavy (non-hydrogen) atoms. The van der Waals surface area contributed by atoms with Crippen LogP contribution in [0.25, 0.3) is 0 Å². The number of nitrogens with one attached hydrogen (secondary N) is 1. The number of hydrogen-bond acceptors (Lipinski definition) is 2. The summed E-state index contributed by atoms with van der Waals surface area (Å²) in [6, 6.07) is 4.69. The summed E-state index contributed by atoms with van der Waals surface area (Å²) < 4.78 is 5.82. The molecule has 0 bridgehead atoms. The van der Waals surface area contributed by atoms with Gasteiger partial charge in [-0.15, -0.1) is 0 Å². The number of halogens is 2. The van der Waals surface area contributed by atoms with E-state index in [4.69, 9.17) is 27.9 Å². The van der Waals surface area contributed by atoms with Gasteiger partial charge in [0.15, 0.2) is 0 Å². The highest BCUT2D eigenvalue weighted by atomic mass is 35.5. The van der Waals surface area contributed by atoms with Crippen molar-refractivity contribution >= 4 is 23.2 Å². The summed E-state index contributed by atoms with van der Waals surface area (Å²) in [5.74, 6) is 0.799. The van der Waals surface area contributed by atoms with Crippen LogP contribution in [0.3, 0.4) is 0 Å². The Hall–Kier alpha value is -0.440. The Bertz CT molecular complexity index is 445. The van der Waals surface area contributed by atoms with E-state index < -0.39 is 0 Å². The molecule has 1 aliphatic carbocycles. The van der Waals surface area contributed by atoms with Crippen LogP contribution in [0.5, 0.6) is 5.75 Å². The fourth-order valence-corrected chi connectivity index (χ4v) is 2.92. The van der Waals surface area contributed by atoms with E-state index in [0.717, 1.165) is 17.7 Å². The van der Waals surface area contributed by atoms with Gasteiger partial charge in [0.1, 0.15) is 5.75 Å². The summed E-state index contributed by atoms with van der Waals surface area (Å²) in [6.45, 7) is 2.08. The minimum atomic E-state index is 0.192. The van der Waals surface area contributed by atoms with Crippen molar-refractivity contribution in [2.45, 2.75) is 44.4 Å². The second kappa shape index (κ2) is 4.34. The molecule has 1 heterocycles. The first-order valence-electron chi connectivity index (χ1n) is 6.05. The monoisotopic (exact) mass is 271 g/mol. The smallest absolute Gasteiger partial charge is 0.143 e. The predicted molar refractivity (Wildman–Crippen MR) is 70.1 cm³/mol. The van der Waals surface area contributed by atoms with Gasteiger partial charge in [-0.05, 0) is 31.9 Å². The fraction of sp³-hybridized carbons (Fsp3) is 0.538. The number of benzene rings is 1. The Morgan fingerprint density at radius 2 is 2.06 bits per heavy atom. The quantitative estimate of drug-likeness (QED) is 0.879. The van der Waals surface area contributed by atoms with Gasteiger partial charge in [-0.1, -0.05) is 23.2 Å². The standard InChI is InChI=1S/C13H15Cl2NO/c1-7-4-12(16-9-2-3-9)10-5-8(14)6-11(15)13(10)17-7/h5-7,9,12,16H,2-4H2,1H3. The lowest BCUT2D eigenvalue weighted by atomic mass is 9.97. The minimum Gasteiger partial charge on any atom is -0.489 e. The van der Waals surface area contributed by atoms with Crippen molar-refractivity contribution in [1.82, 2.24) is 5.32 Å². The van der Waals surface area contributed by atoms with Gasteiger partial charge in [0.2, 0.25) is 0 Å². The van der Waals surface area contributed by atoms with E-state index in [-0.39, 0.29) is 6.10 Å². The van der Waals surface area contributed by atoms with Gasteiger partial charge in [0, 0.05) is 29.1 Å². The van der Waals surface area contributed by atoms with Crippen molar-refractivity contribution in [3.05, 3.63) is 27.7 Å². The Morgan fingerprint density at radius 1 is 1.29 bits per heavy atom. The van der Waals surface area contributed by atoms with Crippen LogP contribution in [-0.2, 0) is 0 Å². The van der Waals surface area contributed by atoms with Gasteiger partial charge >= 0.3 is 0 Å². The van der Waals surface area contributed by atoms with Crippen LogP contribution in [0.15, 0.2) is 12.1 Å². The molecule has 0 radical (unpaired) electrons. The van der Waals surface area contributed by atoms with Crippen LogP contribution in [-0.4, -0.2) is 12.1 Å². The first kappa shape index (κ1) is 11.6. The highest BCUT2D eigenvalue weighted by Crippen LogP contribution is 2.42. The maximum absolute atomic E-state index is 6.19. The number of rotatable bonds is 2. The molecule has 0 amide bonds. The summed E-state index contributed by atoms with van der Waals surface area (Å²) in [7, 11) is 0. The van der Waals surface area contributed by atoms with E-state index in [0.29, 0.717) is 22.1 Å². The van der Waals surface area contributed by atoms with Crippen molar-refractivity contribution in [1.29, 1.82) is 0 Å². The molecule has 0 aromatic heterocycles. The molecule has 2 aliphatic rings. The molecule has 92 valence electrons. The van der Waals surface area contributed by atoms with Crippen LogP contribution in [0.1, 0.15) is 37.8 Å². The second-order valence-electron chi connectivity index (χ2n) is 4.96. The summed E-state index contributed by atoms with van der Waals surface area (Å²) in [5, 5.41) is 4.92. The maximum Gasteiger partial charge on any atom is 0.143 e. The highest BCUT2D eigenvalue weighted by Gasteiger charge is 2.32. The molecule has 1 saturated carbocycles. The molecule has 2 unspecified atom stereocenters. The minimum absolute atomic E-state index is 0.192. The van der Waals surface area contributed by atoms with Crippen molar-refractivity contribution in [2.75, 3.05) is 0 Å². The van der Waals surface area contributed by atoms with E-state index in [1.54, 1.807) is 6.07 Å². The third-order valence-corrected chi connectivity index (χ3v) is 3.81. The predicted octanol–water partition coefficient (Wildman–Crippen LogP) is 3.96. The normalized spacial score (nSPS) is 27.5. The summed E-state index contributed by atoms with van der Waals surface area (Å²) in [5.41, 5.74) is 1.10. The van der Waals surface area contributed by atoms with Gasteiger partial charge in [-0.25, -0.2) is 0 Å². The number of hydrogen-bond donors (Lipinski definition) is 1. The molecule has 1 aromatic rings. The van der Waals surface area contributed by atoms with Crippen LogP contribution < -0.4 is 10.1 Å². The first-order valence-corrected chi connectivity index (χ1v) is 6.80. The zero-order chi connectivity index (χ0) is 12.0. The molecule has 1 aromatic carbocycles. The SMILES string of the molecule is CC1CC(NC2CC2)c2cc(Cl)cc(Cl)c2O1. The Morgan fingerprint density at radius 3 is 2.76 bits per heavy atom. The number of fused-ring (bicyclic) bond motifs is 1. The largest absolute Gasteiger partial charge is 0.489 e. The molecule has 1 N–H and O–H groups in total. The summed E-state index contributed by atoms with van der Waals surface area (Å²) in [6.07, 6.45) is 3.71. The Balaban J connectivity index is 1.97. The van der Waals surface area contributed by atoms with Crippen LogP contribution in [0, 0.1) is 0 Å². The van der Waals surface area contributed by atoms with E-state index in [1.165, 1.54) is 12.8 Å². The van der Waals surface area contributed by atoms with Crippen molar-refractivity contribution < 1.29 is 4.74 Å². The molecule has 1 fully saturated rings. The van der Waals surface area contributed by atoms with Gasteiger partial charge in [0.25, 0.3) is 0 Å². The second-order valence-corrected chi connectivity index (χ2v) is 5.81. The van der Waals surface area contributed by atoms with Crippen molar-refractivity contribution in [3.63, 3.8) is 0 Å². The van der Waals surface area contributed by atoms with E-state index in [9.17, 15) is 0 Å².